The van der Waals surface area contributed by atoms with Gasteiger partial charge in [0.05, 0.1) is 11.1 Å². The maximum absolute atomic E-state index is 12.3. The fourth-order valence-corrected chi connectivity index (χ4v) is 2.66. The first kappa shape index (κ1) is 12.3. The van der Waals surface area contributed by atoms with Crippen molar-refractivity contribution < 1.29 is 9.53 Å². The summed E-state index contributed by atoms with van der Waals surface area (Å²) < 4.78 is 5.52. The van der Waals surface area contributed by atoms with Crippen LogP contribution in [0.15, 0.2) is 36.5 Å². The van der Waals surface area contributed by atoms with Gasteiger partial charge in [-0.3, -0.25) is 9.78 Å². The second-order valence-electron chi connectivity index (χ2n) is 5.25. The zero-order valence-corrected chi connectivity index (χ0v) is 11.1. The molecule has 0 atom stereocenters. The van der Waals surface area contributed by atoms with E-state index in [4.69, 9.17) is 4.74 Å². The first-order chi connectivity index (χ1) is 9.22. The van der Waals surface area contributed by atoms with Crippen LogP contribution in [0.1, 0.15) is 36.0 Å². The lowest BCUT2D eigenvalue weighted by Gasteiger charge is -2.40. The lowest BCUT2D eigenvalue weighted by molar-refractivity contribution is -0.0704. The Bertz CT molecular complexity index is 611. The van der Waals surface area contributed by atoms with Gasteiger partial charge >= 0.3 is 0 Å². The predicted molar refractivity (Wildman–Crippen MR) is 74.3 cm³/mol. The van der Waals surface area contributed by atoms with Gasteiger partial charge in [-0.1, -0.05) is 18.2 Å². The Morgan fingerprint density at radius 3 is 2.89 bits per heavy atom. The van der Waals surface area contributed by atoms with E-state index < -0.39 is 0 Å². The molecule has 0 bridgehead atoms. The number of methoxy groups -OCH3 is 1. The summed E-state index contributed by atoms with van der Waals surface area (Å²) >= 11 is 0. The topological polar surface area (TPSA) is 39.2 Å². The molecule has 0 saturated heterocycles. The minimum atomic E-state index is -0.212. The van der Waals surface area contributed by atoms with Crippen LogP contribution >= 0.6 is 0 Å². The number of carbonyl (C=O) groups is 1. The van der Waals surface area contributed by atoms with Crippen molar-refractivity contribution in [3.63, 3.8) is 0 Å². The summed E-state index contributed by atoms with van der Waals surface area (Å²) in [6.07, 6.45) is 5.35. The average Bonchev–Trinajstić information content (AvgIpc) is 2.42. The number of pyridine rings is 1. The quantitative estimate of drug-likeness (QED) is 0.786. The van der Waals surface area contributed by atoms with Crippen LogP contribution in [0.5, 0.6) is 0 Å². The summed E-state index contributed by atoms with van der Waals surface area (Å²) in [5, 5.41) is 1.06. The monoisotopic (exact) mass is 255 g/mol. The summed E-state index contributed by atoms with van der Waals surface area (Å²) in [6.45, 7) is 0. The molecule has 1 heterocycles. The molecule has 3 nitrogen and oxygen atoms in total. The molecule has 0 radical (unpaired) electrons. The molecule has 3 rings (SSSR count). The summed E-state index contributed by atoms with van der Waals surface area (Å²) in [4.78, 5) is 16.6. The van der Waals surface area contributed by atoms with Crippen LogP contribution < -0.4 is 0 Å². The highest BCUT2D eigenvalue weighted by atomic mass is 16.5. The van der Waals surface area contributed by atoms with E-state index in [0.29, 0.717) is 6.42 Å². The van der Waals surface area contributed by atoms with Gasteiger partial charge in [0.15, 0.2) is 5.78 Å². The number of ether oxygens (including phenoxy) is 1. The molecular formula is C16H17NO2. The number of fused-ring (bicyclic) bond motifs is 1. The van der Waals surface area contributed by atoms with Crippen molar-refractivity contribution in [2.24, 2.45) is 0 Å². The highest BCUT2D eigenvalue weighted by Crippen LogP contribution is 2.38. The van der Waals surface area contributed by atoms with E-state index in [-0.39, 0.29) is 11.4 Å². The average molecular weight is 255 g/mol. The Morgan fingerprint density at radius 2 is 2.21 bits per heavy atom. The van der Waals surface area contributed by atoms with Gasteiger partial charge in [0.25, 0.3) is 0 Å². The Balaban J connectivity index is 1.85. The highest BCUT2D eigenvalue weighted by molar-refractivity contribution is 5.99. The molecule has 1 aromatic carbocycles. The van der Waals surface area contributed by atoms with Crippen LogP contribution in [0, 0.1) is 0 Å². The normalized spacial score (nSPS) is 17.1. The van der Waals surface area contributed by atoms with E-state index in [2.05, 4.69) is 4.98 Å². The van der Waals surface area contributed by atoms with Crippen molar-refractivity contribution in [3.05, 3.63) is 42.1 Å². The van der Waals surface area contributed by atoms with E-state index in [1.54, 1.807) is 13.3 Å². The van der Waals surface area contributed by atoms with Crippen LogP contribution in [0.2, 0.25) is 0 Å². The van der Waals surface area contributed by atoms with Crippen LogP contribution in [0.4, 0.5) is 0 Å². The third-order valence-electron chi connectivity index (χ3n) is 4.11. The third-order valence-corrected chi connectivity index (χ3v) is 4.11. The van der Waals surface area contributed by atoms with E-state index in [9.17, 15) is 4.79 Å². The van der Waals surface area contributed by atoms with Gasteiger partial charge in [0, 0.05) is 30.7 Å². The Labute approximate surface area is 112 Å². The summed E-state index contributed by atoms with van der Waals surface area (Å²) in [5.74, 6) is 0.147. The first-order valence-corrected chi connectivity index (χ1v) is 6.66. The number of rotatable bonds is 4. The number of ketones is 1. The van der Waals surface area contributed by atoms with E-state index >= 15 is 0 Å². The lowest BCUT2D eigenvalue weighted by Crippen LogP contribution is -2.41. The molecule has 1 fully saturated rings. The van der Waals surface area contributed by atoms with E-state index in [0.717, 1.165) is 35.7 Å². The molecule has 1 aliphatic rings. The van der Waals surface area contributed by atoms with Crippen molar-refractivity contribution in [2.45, 2.75) is 31.3 Å². The van der Waals surface area contributed by atoms with Gasteiger partial charge in [-0.05, 0) is 31.4 Å². The fraction of sp³-hybridized carbons (Fsp3) is 0.375. The number of hydrogen-bond donors (Lipinski definition) is 0. The number of benzene rings is 1. The van der Waals surface area contributed by atoms with Crippen LogP contribution in [0.25, 0.3) is 10.9 Å². The molecule has 0 N–H and O–H groups in total. The zero-order chi connectivity index (χ0) is 13.3. The van der Waals surface area contributed by atoms with Crippen LogP contribution in [-0.4, -0.2) is 23.5 Å². The van der Waals surface area contributed by atoms with Gasteiger partial charge < -0.3 is 4.74 Å². The highest BCUT2D eigenvalue weighted by Gasteiger charge is 2.39. The number of aromatic nitrogens is 1. The largest absolute Gasteiger partial charge is 0.378 e. The second-order valence-corrected chi connectivity index (χ2v) is 5.25. The maximum Gasteiger partial charge on any atom is 0.165 e. The first-order valence-electron chi connectivity index (χ1n) is 6.66. The van der Waals surface area contributed by atoms with Gasteiger partial charge in [-0.25, -0.2) is 0 Å². The molecule has 1 aliphatic carbocycles. The molecular weight excluding hydrogens is 238 g/mol. The van der Waals surface area contributed by atoms with Gasteiger partial charge in [-0.2, -0.15) is 0 Å². The van der Waals surface area contributed by atoms with E-state index in [1.807, 2.05) is 30.3 Å². The smallest absolute Gasteiger partial charge is 0.165 e. The number of nitrogens with zero attached hydrogens (tertiary/aromatic N) is 1. The molecule has 0 spiro atoms. The maximum atomic E-state index is 12.3. The van der Waals surface area contributed by atoms with Crippen molar-refractivity contribution in [2.75, 3.05) is 7.11 Å². The molecule has 0 amide bonds. The molecule has 0 unspecified atom stereocenters. The molecule has 1 saturated carbocycles. The minimum absolute atomic E-state index is 0.147. The summed E-state index contributed by atoms with van der Waals surface area (Å²) in [7, 11) is 1.70. The van der Waals surface area contributed by atoms with Crippen molar-refractivity contribution in [1.82, 2.24) is 4.98 Å². The third kappa shape index (κ3) is 2.26. The lowest BCUT2D eigenvalue weighted by atomic mass is 9.76. The van der Waals surface area contributed by atoms with Crippen molar-refractivity contribution in [3.8, 4) is 0 Å². The van der Waals surface area contributed by atoms with Crippen LogP contribution in [-0.2, 0) is 4.74 Å². The van der Waals surface area contributed by atoms with Crippen molar-refractivity contribution in [1.29, 1.82) is 0 Å². The molecule has 0 aliphatic heterocycles. The van der Waals surface area contributed by atoms with Gasteiger partial charge in [0.2, 0.25) is 0 Å². The number of carbonyl (C=O) groups excluding carboxylic acids is 1. The van der Waals surface area contributed by atoms with E-state index in [1.165, 1.54) is 0 Å². The fourth-order valence-electron chi connectivity index (χ4n) is 2.66. The number of Topliss-reactive ketones (excluding diaryl/α,β-unsaturated/α-hetero) is 1. The van der Waals surface area contributed by atoms with Crippen molar-refractivity contribution >= 4 is 16.7 Å². The minimum Gasteiger partial charge on any atom is -0.378 e. The molecule has 19 heavy (non-hydrogen) atoms. The second kappa shape index (κ2) is 4.74. The molecule has 3 heteroatoms. The Morgan fingerprint density at radius 1 is 1.37 bits per heavy atom. The van der Waals surface area contributed by atoms with Gasteiger partial charge in [-0.15, -0.1) is 0 Å². The number of hydrogen-bond acceptors (Lipinski definition) is 3. The zero-order valence-electron chi connectivity index (χ0n) is 11.1. The Hall–Kier alpha value is -1.74. The van der Waals surface area contributed by atoms with Crippen LogP contribution in [0.3, 0.4) is 0 Å². The SMILES string of the molecule is COC1(CC(=O)c2ccc3cccnc3c2)CCC1. The standard InChI is InChI=1S/C16H17NO2/c1-19-16(7-3-8-16)11-15(18)13-6-5-12-4-2-9-17-14(12)10-13/h2,4-6,9-10H,3,7-8,11H2,1H3. The molecule has 2 aromatic rings. The Kier molecular flexibility index (Phi) is 3.07. The summed E-state index contributed by atoms with van der Waals surface area (Å²) in [5.41, 5.74) is 1.39. The molecule has 98 valence electrons. The molecule has 1 aromatic heterocycles. The van der Waals surface area contributed by atoms with Gasteiger partial charge in [0.1, 0.15) is 0 Å². The predicted octanol–water partition coefficient (Wildman–Crippen LogP) is 3.38. The summed E-state index contributed by atoms with van der Waals surface area (Å²) in [6, 6.07) is 9.61.